The van der Waals surface area contributed by atoms with E-state index in [1.807, 2.05) is 31.2 Å². The maximum absolute atomic E-state index is 9.89. The molecule has 0 saturated carbocycles. The van der Waals surface area contributed by atoms with E-state index < -0.39 is 5.41 Å². The molecule has 0 fully saturated rings. The topological polar surface area (TPSA) is 63.7 Å². The number of nitriles is 1. The van der Waals surface area contributed by atoms with Crippen LogP contribution in [-0.2, 0) is 12.0 Å². The fourth-order valence-electron chi connectivity index (χ4n) is 2.58. The third kappa shape index (κ3) is 3.64. The van der Waals surface area contributed by atoms with Crippen molar-refractivity contribution in [2.24, 2.45) is 0 Å². The minimum atomic E-state index is -0.589. The molecule has 0 radical (unpaired) electrons. The molecular formula is C17H22N4O. The summed E-state index contributed by atoms with van der Waals surface area (Å²) in [5.41, 5.74) is 0.413. The highest BCUT2D eigenvalue weighted by molar-refractivity contribution is 5.36. The van der Waals surface area contributed by atoms with Gasteiger partial charge in [0.15, 0.2) is 0 Å². The van der Waals surface area contributed by atoms with Gasteiger partial charge >= 0.3 is 0 Å². The lowest BCUT2D eigenvalue weighted by atomic mass is 9.77. The average molecular weight is 298 g/mol. The van der Waals surface area contributed by atoms with Gasteiger partial charge in [-0.1, -0.05) is 31.9 Å². The van der Waals surface area contributed by atoms with Gasteiger partial charge < -0.3 is 4.74 Å². The smallest absolute Gasteiger partial charge is 0.137 e. The predicted molar refractivity (Wildman–Crippen MR) is 84.4 cm³/mol. The van der Waals surface area contributed by atoms with Crippen molar-refractivity contribution in [2.45, 2.75) is 45.1 Å². The van der Waals surface area contributed by atoms with Gasteiger partial charge in [-0.15, -0.1) is 0 Å². The lowest BCUT2D eigenvalue weighted by molar-refractivity contribution is 0.339. The molecular weight excluding hydrogens is 276 g/mol. The molecule has 0 aliphatic carbocycles. The first-order valence-electron chi connectivity index (χ1n) is 7.71. The van der Waals surface area contributed by atoms with Crippen LogP contribution in [0.15, 0.2) is 36.9 Å². The maximum Gasteiger partial charge on any atom is 0.137 e. The molecule has 1 heterocycles. The van der Waals surface area contributed by atoms with Crippen LogP contribution in [0.3, 0.4) is 0 Å². The van der Waals surface area contributed by atoms with E-state index in [0.29, 0.717) is 13.2 Å². The quantitative estimate of drug-likeness (QED) is 0.750. The van der Waals surface area contributed by atoms with Gasteiger partial charge in [0.25, 0.3) is 0 Å². The number of rotatable bonds is 8. The Morgan fingerprint density at radius 3 is 2.59 bits per heavy atom. The second kappa shape index (κ2) is 7.60. The van der Waals surface area contributed by atoms with E-state index in [-0.39, 0.29) is 0 Å². The molecule has 0 amide bonds. The van der Waals surface area contributed by atoms with Crippen LogP contribution in [-0.4, -0.2) is 21.4 Å². The van der Waals surface area contributed by atoms with Crippen molar-refractivity contribution < 1.29 is 4.74 Å². The molecule has 1 atom stereocenters. The summed E-state index contributed by atoms with van der Waals surface area (Å²) in [6.07, 6.45) is 6.01. The molecule has 5 heteroatoms. The highest BCUT2D eigenvalue weighted by Gasteiger charge is 2.32. The number of ether oxygens (including phenoxy) is 1. The van der Waals surface area contributed by atoms with Gasteiger partial charge in [0.05, 0.1) is 19.2 Å². The van der Waals surface area contributed by atoms with E-state index in [1.54, 1.807) is 11.0 Å². The number of nitrogens with zero attached hydrogens (tertiary/aromatic N) is 4. The Labute approximate surface area is 131 Å². The Kier molecular flexibility index (Phi) is 5.54. The lowest BCUT2D eigenvalue weighted by Gasteiger charge is -2.27. The highest BCUT2D eigenvalue weighted by Crippen LogP contribution is 2.32. The summed E-state index contributed by atoms with van der Waals surface area (Å²) in [6.45, 7) is 5.24. The van der Waals surface area contributed by atoms with Crippen LogP contribution in [0.2, 0.25) is 0 Å². The third-order valence-electron chi connectivity index (χ3n) is 3.79. The van der Waals surface area contributed by atoms with Crippen LogP contribution in [0.25, 0.3) is 0 Å². The second-order valence-electron chi connectivity index (χ2n) is 5.35. The van der Waals surface area contributed by atoms with Crippen molar-refractivity contribution >= 4 is 0 Å². The van der Waals surface area contributed by atoms with Gasteiger partial charge in [-0.3, -0.25) is 4.68 Å². The highest BCUT2D eigenvalue weighted by atomic mass is 16.5. The van der Waals surface area contributed by atoms with Gasteiger partial charge in [-0.2, -0.15) is 10.4 Å². The summed E-state index contributed by atoms with van der Waals surface area (Å²) in [7, 11) is 0. The SMILES string of the molecule is CCCCC(C#N)(Cn1cncn1)c1ccc(OCC)cc1. The van der Waals surface area contributed by atoms with Gasteiger partial charge in [-0.25, -0.2) is 4.98 Å². The molecule has 5 nitrogen and oxygen atoms in total. The minimum absolute atomic E-state index is 0.511. The summed E-state index contributed by atoms with van der Waals surface area (Å²) in [5, 5.41) is 14.0. The Bertz CT molecular complexity index is 601. The van der Waals surface area contributed by atoms with Crippen LogP contribution in [0.5, 0.6) is 5.75 Å². The van der Waals surface area contributed by atoms with E-state index in [0.717, 1.165) is 30.6 Å². The molecule has 22 heavy (non-hydrogen) atoms. The Hall–Kier alpha value is -2.35. The van der Waals surface area contributed by atoms with E-state index >= 15 is 0 Å². The number of aromatic nitrogens is 3. The third-order valence-corrected chi connectivity index (χ3v) is 3.79. The molecule has 1 aromatic carbocycles. The fourth-order valence-corrected chi connectivity index (χ4v) is 2.58. The van der Waals surface area contributed by atoms with Crippen LogP contribution in [0, 0.1) is 11.3 Å². The molecule has 1 unspecified atom stereocenters. The molecule has 0 spiro atoms. The van der Waals surface area contributed by atoms with Gasteiger partial charge in [0, 0.05) is 0 Å². The van der Waals surface area contributed by atoms with E-state index in [9.17, 15) is 5.26 Å². The number of hydrogen-bond acceptors (Lipinski definition) is 4. The van der Waals surface area contributed by atoms with Crippen molar-refractivity contribution in [2.75, 3.05) is 6.61 Å². The molecule has 2 aromatic rings. The maximum atomic E-state index is 9.89. The van der Waals surface area contributed by atoms with Crippen molar-refractivity contribution in [3.8, 4) is 11.8 Å². The fraction of sp³-hybridized carbons (Fsp3) is 0.471. The Morgan fingerprint density at radius 2 is 2.05 bits per heavy atom. The molecule has 0 N–H and O–H groups in total. The monoisotopic (exact) mass is 298 g/mol. The molecule has 0 aliphatic heterocycles. The summed E-state index contributed by atoms with van der Waals surface area (Å²) in [4.78, 5) is 3.98. The van der Waals surface area contributed by atoms with Crippen LogP contribution in [0.4, 0.5) is 0 Å². The van der Waals surface area contributed by atoms with Gasteiger partial charge in [0.2, 0.25) is 0 Å². The van der Waals surface area contributed by atoms with Crippen LogP contribution >= 0.6 is 0 Å². The zero-order chi connectivity index (χ0) is 15.8. The van der Waals surface area contributed by atoms with E-state index in [1.165, 1.54) is 6.33 Å². The van der Waals surface area contributed by atoms with Crippen molar-refractivity contribution in [3.05, 3.63) is 42.5 Å². The van der Waals surface area contributed by atoms with Crippen LogP contribution in [0.1, 0.15) is 38.7 Å². The first-order chi connectivity index (χ1) is 10.7. The molecule has 2 rings (SSSR count). The minimum Gasteiger partial charge on any atom is -0.494 e. The predicted octanol–water partition coefficient (Wildman–Crippen LogP) is 3.33. The van der Waals surface area contributed by atoms with Crippen molar-refractivity contribution in [1.29, 1.82) is 5.26 Å². The Balaban J connectivity index is 2.31. The number of unbranched alkanes of at least 4 members (excludes halogenated alkanes) is 1. The molecule has 0 saturated heterocycles. The van der Waals surface area contributed by atoms with Crippen molar-refractivity contribution in [3.63, 3.8) is 0 Å². The number of benzene rings is 1. The molecule has 1 aromatic heterocycles. The van der Waals surface area contributed by atoms with Gasteiger partial charge in [0.1, 0.15) is 23.8 Å². The normalized spacial score (nSPS) is 13.3. The van der Waals surface area contributed by atoms with Crippen LogP contribution < -0.4 is 4.74 Å². The summed E-state index contributed by atoms with van der Waals surface area (Å²) < 4.78 is 7.22. The molecule has 0 aliphatic rings. The number of hydrogen-bond donors (Lipinski definition) is 0. The van der Waals surface area contributed by atoms with Crippen molar-refractivity contribution in [1.82, 2.24) is 14.8 Å². The zero-order valence-corrected chi connectivity index (χ0v) is 13.2. The molecule has 0 bridgehead atoms. The zero-order valence-electron chi connectivity index (χ0n) is 13.2. The summed E-state index contributed by atoms with van der Waals surface area (Å²) >= 11 is 0. The van der Waals surface area contributed by atoms with E-state index in [2.05, 4.69) is 23.1 Å². The van der Waals surface area contributed by atoms with E-state index in [4.69, 9.17) is 4.74 Å². The summed E-state index contributed by atoms with van der Waals surface area (Å²) in [6, 6.07) is 10.4. The first-order valence-corrected chi connectivity index (χ1v) is 7.71. The average Bonchev–Trinajstić information content (AvgIpc) is 3.05. The lowest BCUT2D eigenvalue weighted by Crippen LogP contribution is -2.30. The van der Waals surface area contributed by atoms with Gasteiger partial charge in [-0.05, 0) is 31.0 Å². The Morgan fingerprint density at radius 1 is 1.27 bits per heavy atom. The standard InChI is InChI=1S/C17H22N4O/c1-3-5-10-17(11-18,12-21-14-19-13-20-21)15-6-8-16(9-7-15)22-4-2/h6-9,13-14H,3-5,10,12H2,1-2H3. The summed E-state index contributed by atoms with van der Waals surface area (Å²) in [5.74, 6) is 0.828. The first kappa shape index (κ1) is 16.0. The second-order valence-corrected chi connectivity index (χ2v) is 5.35. The molecule has 116 valence electrons. The largest absolute Gasteiger partial charge is 0.494 e.